The molecule has 3 heterocycles. The Bertz CT molecular complexity index is 941. The summed E-state index contributed by atoms with van der Waals surface area (Å²) in [6, 6.07) is 5.01. The summed E-state index contributed by atoms with van der Waals surface area (Å²) >= 11 is 1.05. The summed E-state index contributed by atoms with van der Waals surface area (Å²) in [7, 11) is 0. The number of thiophene rings is 1. The van der Waals surface area contributed by atoms with Crippen LogP contribution in [0.3, 0.4) is 0 Å². The van der Waals surface area contributed by atoms with E-state index in [-0.39, 0.29) is 17.2 Å². The van der Waals surface area contributed by atoms with Crippen molar-refractivity contribution in [1.82, 2.24) is 9.38 Å². The molecule has 1 atom stereocenters. The number of halogens is 2. The first-order valence-electron chi connectivity index (χ1n) is 7.50. The SMILES string of the molecule is CC(Oc1cc(-c2cnc3ccc(CO)cn23)sc1C(N)=O)OC(F)F. The molecule has 0 bridgehead atoms. The number of amides is 1. The average Bonchev–Trinajstić information content (AvgIpc) is 3.17. The zero-order valence-corrected chi connectivity index (χ0v) is 14.4. The lowest BCUT2D eigenvalue weighted by atomic mass is 10.3. The molecule has 0 fully saturated rings. The highest BCUT2D eigenvalue weighted by Gasteiger charge is 2.21. The number of primary amides is 1. The van der Waals surface area contributed by atoms with E-state index < -0.39 is 18.8 Å². The largest absolute Gasteiger partial charge is 0.463 e. The maximum atomic E-state index is 12.3. The van der Waals surface area contributed by atoms with Crippen LogP contribution in [0.1, 0.15) is 22.2 Å². The van der Waals surface area contributed by atoms with Gasteiger partial charge in [0, 0.05) is 12.3 Å². The number of fused-ring (bicyclic) bond motifs is 1. The molecule has 0 spiro atoms. The molecule has 0 radical (unpaired) electrons. The van der Waals surface area contributed by atoms with Crippen molar-refractivity contribution in [3.63, 3.8) is 0 Å². The van der Waals surface area contributed by atoms with E-state index in [1.54, 1.807) is 28.9 Å². The number of ether oxygens (including phenoxy) is 2. The number of hydrogen-bond donors (Lipinski definition) is 2. The Labute approximate surface area is 150 Å². The topological polar surface area (TPSA) is 99.1 Å². The molecule has 10 heteroatoms. The quantitative estimate of drug-likeness (QED) is 0.611. The number of nitrogens with two attached hydrogens (primary N) is 1. The van der Waals surface area contributed by atoms with Gasteiger partial charge in [-0.2, -0.15) is 8.78 Å². The standard InChI is InChI=1S/C16H15F2N3O4S/c1-8(25-16(17)18)24-11-4-12(26-14(11)15(19)23)10-5-20-13-3-2-9(7-22)6-21(10)13/h2-6,8,16,22H,7H2,1H3,(H2,19,23). The van der Waals surface area contributed by atoms with Crippen LogP contribution in [0.15, 0.2) is 30.6 Å². The molecule has 0 aliphatic heterocycles. The monoisotopic (exact) mass is 383 g/mol. The van der Waals surface area contributed by atoms with Gasteiger partial charge in [0.15, 0.2) is 0 Å². The highest BCUT2D eigenvalue weighted by Crippen LogP contribution is 2.37. The molecular formula is C16H15F2N3O4S. The van der Waals surface area contributed by atoms with Crippen LogP contribution in [0.4, 0.5) is 8.78 Å². The second-order valence-electron chi connectivity index (χ2n) is 5.32. The van der Waals surface area contributed by atoms with Gasteiger partial charge < -0.3 is 15.6 Å². The third kappa shape index (κ3) is 3.66. The Morgan fingerprint density at radius 3 is 2.88 bits per heavy atom. The zero-order chi connectivity index (χ0) is 18.8. The van der Waals surface area contributed by atoms with Crippen LogP contribution in [0.5, 0.6) is 5.75 Å². The van der Waals surface area contributed by atoms with Gasteiger partial charge in [-0.15, -0.1) is 11.3 Å². The van der Waals surface area contributed by atoms with Gasteiger partial charge in [0.2, 0.25) is 6.29 Å². The molecule has 0 aliphatic rings. The number of carbonyl (C=O) groups is 1. The van der Waals surface area contributed by atoms with Crippen LogP contribution in [0, 0.1) is 0 Å². The highest BCUT2D eigenvalue weighted by molar-refractivity contribution is 7.17. The van der Waals surface area contributed by atoms with Crippen molar-refractivity contribution in [3.8, 4) is 16.3 Å². The molecule has 7 nitrogen and oxygen atoms in total. The number of rotatable bonds is 7. The van der Waals surface area contributed by atoms with E-state index in [9.17, 15) is 18.7 Å². The fourth-order valence-electron chi connectivity index (χ4n) is 2.41. The summed E-state index contributed by atoms with van der Waals surface area (Å²) in [6.07, 6.45) is 2.04. The number of aromatic nitrogens is 2. The van der Waals surface area contributed by atoms with Gasteiger partial charge in [0.25, 0.3) is 5.91 Å². The first kappa shape index (κ1) is 18.2. The van der Waals surface area contributed by atoms with Crippen molar-refractivity contribution >= 4 is 22.9 Å². The minimum Gasteiger partial charge on any atom is -0.463 e. The summed E-state index contributed by atoms with van der Waals surface area (Å²) < 4.78 is 35.9. The Morgan fingerprint density at radius 1 is 1.46 bits per heavy atom. The van der Waals surface area contributed by atoms with Crippen LogP contribution in [-0.2, 0) is 11.3 Å². The van der Waals surface area contributed by atoms with E-state index in [1.807, 2.05) is 0 Å². The number of aliphatic hydroxyl groups is 1. The minimum atomic E-state index is -3.00. The van der Waals surface area contributed by atoms with Crippen molar-refractivity contribution in [2.45, 2.75) is 26.4 Å². The number of imidazole rings is 1. The maximum Gasteiger partial charge on any atom is 0.348 e. The molecule has 3 aromatic rings. The molecule has 138 valence electrons. The summed E-state index contributed by atoms with van der Waals surface area (Å²) in [5.41, 5.74) is 7.32. The lowest BCUT2D eigenvalue weighted by Gasteiger charge is -2.14. The van der Waals surface area contributed by atoms with Gasteiger partial charge in [-0.1, -0.05) is 6.07 Å². The fourth-order valence-corrected chi connectivity index (χ4v) is 3.36. The van der Waals surface area contributed by atoms with E-state index >= 15 is 0 Å². The summed E-state index contributed by atoms with van der Waals surface area (Å²) in [4.78, 5) is 16.6. The van der Waals surface area contributed by atoms with Crippen LogP contribution in [-0.4, -0.2) is 33.3 Å². The number of hydrogen-bond acceptors (Lipinski definition) is 6. The number of aliphatic hydroxyl groups excluding tert-OH is 1. The van der Waals surface area contributed by atoms with E-state index in [4.69, 9.17) is 10.5 Å². The second kappa shape index (κ2) is 7.36. The van der Waals surface area contributed by atoms with Crippen LogP contribution < -0.4 is 10.5 Å². The normalized spacial score (nSPS) is 12.7. The van der Waals surface area contributed by atoms with Crippen LogP contribution >= 0.6 is 11.3 Å². The number of alkyl halides is 2. The minimum absolute atomic E-state index is 0.0545. The molecular weight excluding hydrogens is 368 g/mol. The van der Waals surface area contributed by atoms with Crippen molar-refractivity contribution in [1.29, 1.82) is 0 Å². The predicted molar refractivity (Wildman–Crippen MR) is 90.1 cm³/mol. The van der Waals surface area contributed by atoms with Gasteiger partial charge in [-0.05, 0) is 18.6 Å². The molecule has 1 amide bonds. The van der Waals surface area contributed by atoms with Crippen molar-refractivity contribution in [2.24, 2.45) is 5.73 Å². The Balaban J connectivity index is 2.01. The predicted octanol–water partition coefficient (Wildman–Crippen LogP) is 2.62. The van der Waals surface area contributed by atoms with Crippen molar-refractivity contribution in [3.05, 3.63) is 41.0 Å². The van der Waals surface area contributed by atoms with E-state index in [0.717, 1.165) is 11.3 Å². The summed E-state index contributed by atoms with van der Waals surface area (Å²) in [5.74, 6) is -0.690. The van der Waals surface area contributed by atoms with E-state index in [1.165, 1.54) is 13.0 Å². The molecule has 3 N–H and O–H groups in total. The number of nitrogens with zero attached hydrogens (tertiary/aromatic N) is 2. The molecule has 0 saturated carbocycles. The molecule has 3 aromatic heterocycles. The van der Waals surface area contributed by atoms with E-state index in [2.05, 4.69) is 9.72 Å². The van der Waals surface area contributed by atoms with E-state index in [0.29, 0.717) is 21.8 Å². The second-order valence-corrected chi connectivity index (χ2v) is 6.37. The van der Waals surface area contributed by atoms with Crippen molar-refractivity contribution < 1.29 is 28.2 Å². The van der Waals surface area contributed by atoms with Crippen molar-refractivity contribution in [2.75, 3.05) is 0 Å². The summed E-state index contributed by atoms with van der Waals surface area (Å²) in [5, 5.41) is 9.30. The number of carbonyl (C=O) groups excluding carboxylic acids is 1. The molecule has 0 aromatic carbocycles. The Hall–Kier alpha value is -2.56. The van der Waals surface area contributed by atoms with Gasteiger partial charge >= 0.3 is 6.61 Å². The van der Waals surface area contributed by atoms with Gasteiger partial charge in [0.05, 0.1) is 23.4 Å². The first-order chi connectivity index (χ1) is 12.4. The Morgan fingerprint density at radius 2 is 2.23 bits per heavy atom. The third-order valence-corrected chi connectivity index (χ3v) is 4.66. The Kier molecular flexibility index (Phi) is 5.16. The average molecular weight is 383 g/mol. The van der Waals surface area contributed by atoms with Gasteiger partial charge in [-0.3, -0.25) is 13.9 Å². The maximum absolute atomic E-state index is 12.3. The summed E-state index contributed by atoms with van der Waals surface area (Å²) in [6.45, 7) is -1.85. The van der Waals surface area contributed by atoms with Gasteiger partial charge in [0.1, 0.15) is 16.3 Å². The smallest absolute Gasteiger partial charge is 0.348 e. The molecule has 1 unspecified atom stereocenters. The molecule has 3 rings (SSSR count). The molecule has 0 saturated heterocycles. The number of pyridine rings is 1. The highest BCUT2D eigenvalue weighted by atomic mass is 32.1. The molecule has 0 aliphatic carbocycles. The van der Waals surface area contributed by atoms with Gasteiger partial charge in [-0.25, -0.2) is 4.98 Å². The zero-order valence-electron chi connectivity index (χ0n) is 13.6. The third-order valence-electron chi connectivity index (χ3n) is 3.51. The first-order valence-corrected chi connectivity index (χ1v) is 8.31. The lowest BCUT2D eigenvalue weighted by Crippen LogP contribution is -2.20. The molecule has 26 heavy (non-hydrogen) atoms. The fraction of sp³-hybridized carbons (Fsp3) is 0.250. The van der Waals surface area contributed by atoms with Crippen LogP contribution in [0.2, 0.25) is 0 Å². The lowest BCUT2D eigenvalue weighted by molar-refractivity contribution is -0.209. The van der Waals surface area contributed by atoms with Crippen LogP contribution in [0.25, 0.3) is 16.2 Å².